The molecular formula is C12H14N2O. The van der Waals surface area contributed by atoms with Crippen molar-refractivity contribution in [3.8, 4) is 5.75 Å². The minimum Gasteiger partial charge on any atom is -0.494 e. The van der Waals surface area contributed by atoms with E-state index in [-0.39, 0.29) is 0 Å². The standard InChI is InChI=1S/C12H14N2O/c1-13-8-9-5-6-11(15-2)12-10(9)4-3-7-14-12/h3-7,13H,8H2,1-2H3. The summed E-state index contributed by atoms with van der Waals surface area (Å²) in [6, 6.07) is 8.04. The fraction of sp³-hybridized carbons (Fsp3) is 0.250. The van der Waals surface area contributed by atoms with Crippen LogP contribution in [0.15, 0.2) is 30.5 Å². The van der Waals surface area contributed by atoms with Gasteiger partial charge in [-0.3, -0.25) is 4.98 Å². The quantitative estimate of drug-likeness (QED) is 0.826. The predicted molar refractivity (Wildman–Crippen MR) is 61.1 cm³/mol. The first-order chi connectivity index (χ1) is 7.36. The number of rotatable bonds is 3. The molecule has 0 aliphatic heterocycles. The van der Waals surface area contributed by atoms with Crippen molar-refractivity contribution in [1.82, 2.24) is 10.3 Å². The summed E-state index contributed by atoms with van der Waals surface area (Å²) >= 11 is 0. The SMILES string of the molecule is CNCc1ccc(OC)c2ncccc12. The molecule has 0 atom stereocenters. The monoisotopic (exact) mass is 202 g/mol. The summed E-state index contributed by atoms with van der Waals surface area (Å²) in [5.74, 6) is 0.824. The Morgan fingerprint density at radius 2 is 2.20 bits per heavy atom. The number of pyridine rings is 1. The first kappa shape index (κ1) is 9.93. The van der Waals surface area contributed by atoms with Crippen molar-refractivity contribution < 1.29 is 4.74 Å². The van der Waals surface area contributed by atoms with Gasteiger partial charge in [0, 0.05) is 18.1 Å². The molecule has 2 aromatic rings. The van der Waals surface area contributed by atoms with Gasteiger partial charge >= 0.3 is 0 Å². The largest absolute Gasteiger partial charge is 0.494 e. The molecule has 1 heterocycles. The van der Waals surface area contributed by atoms with Crippen molar-refractivity contribution in [2.75, 3.05) is 14.2 Å². The van der Waals surface area contributed by atoms with Crippen molar-refractivity contribution in [2.45, 2.75) is 6.54 Å². The Hall–Kier alpha value is -1.61. The molecule has 0 amide bonds. The van der Waals surface area contributed by atoms with E-state index in [4.69, 9.17) is 4.74 Å². The highest BCUT2D eigenvalue weighted by molar-refractivity contribution is 5.87. The molecule has 0 saturated heterocycles. The molecule has 0 radical (unpaired) electrons. The zero-order chi connectivity index (χ0) is 10.7. The van der Waals surface area contributed by atoms with Gasteiger partial charge in [0.05, 0.1) is 7.11 Å². The molecule has 0 unspecified atom stereocenters. The highest BCUT2D eigenvalue weighted by atomic mass is 16.5. The van der Waals surface area contributed by atoms with Crippen LogP contribution in [0, 0.1) is 0 Å². The van der Waals surface area contributed by atoms with E-state index in [0.29, 0.717) is 0 Å². The van der Waals surface area contributed by atoms with E-state index >= 15 is 0 Å². The van der Waals surface area contributed by atoms with E-state index in [9.17, 15) is 0 Å². The van der Waals surface area contributed by atoms with Gasteiger partial charge in [0.2, 0.25) is 0 Å². The highest BCUT2D eigenvalue weighted by Crippen LogP contribution is 2.26. The lowest BCUT2D eigenvalue weighted by Gasteiger charge is -2.08. The molecule has 0 saturated carbocycles. The van der Waals surface area contributed by atoms with Crippen LogP contribution in [0.3, 0.4) is 0 Å². The van der Waals surface area contributed by atoms with E-state index in [1.165, 1.54) is 5.56 Å². The minimum absolute atomic E-state index is 0.824. The number of ether oxygens (including phenoxy) is 1. The molecule has 15 heavy (non-hydrogen) atoms. The van der Waals surface area contributed by atoms with E-state index in [1.807, 2.05) is 19.2 Å². The molecule has 3 heteroatoms. The van der Waals surface area contributed by atoms with Crippen LogP contribution in [-0.2, 0) is 6.54 Å². The Labute approximate surface area is 89.1 Å². The van der Waals surface area contributed by atoms with Crippen molar-refractivity contribution in [2.24, 2.45) is 0 Å². The van der Waals surface area contributed by atoms with Gasteiger partial charge in [-0.1, -0.05) is 12.1 Å². The van der Waals surface area contributed by atoms with Crippen LogP contribution in [0.25, 0.3) is 10.9 Å². The third kappa shape index (κ3) is 1.78. The topological polar surface area (TPSA) is 34.1 Å². The van der Waals surface area contributed by atoms with Gasteiger partial charge in [0.25, 0.3) is 0 Å². The van der Waals surface area contributed by atoms with Crippen LogP contribution < -0.4 is 10.1 Å². The number of nitrogens with one attached hydrogen (secondary N) is 1. The van der Waals surface area contributed by atoms with E-state index < -0.39 is 0 Å². The Balaban J connectivity index is 2.66. The second kappa shape index (κ2) is 4.28. The van der Waals surface area contributed by atoms with E-state index in [0.717, 1.165) is 23.2 Å². The lowest BCUT2D eigenvalue weighted by molar-refractivity contribution is 0.418. The number of nitrogens with zero attached hydrogens (tertiary/aromatic N) is 1. The number of methoxy groups -OCH3 is 1. The smallest absolute Gasteiger partial charge is 0.145 e. The first-order valence-corrected chi connectivity index (χ1v) is 4.92. The van der Waals surface area contributed by atoms with Gasteiger partial charge in [-0.05, 0) is 24.7 Å². The summed E-state index contributed by atoms with van der Waals surface area (Å²) in [6.07, 6.45) is 1.79. The molecule has 78 valence electrons. The van der Waals surface area contributed by atoms with E-state index in [1.54, 1.807) is 13.3 Å². The number of benzene rings is 1. The maximum atomic E-state index is 5.28. The Kier molecular flexibility index (Phi) is 2.83. The van der Waals surface area contributed by atoms with Crippen LogP contribution in [0.1, 0.15) is 5.56 Å². The molecule has 0 fully saturated rings. The van der Waals surface area contributed by atoms with Crippen molar-refractivity contribution >= 4 is 10.9 Å². The van der Waals surface area contributed by atoms with Gasteiger partial charge in [0.15, 0.2) is 0 Å². The van der Waals surface area contributed by atoms with Gasteiger partial charge in [0.1, 0.15) is 11.3 Å². The number of hydrogen-bond acceptors (Lipinski definition) is 3. The second-order valence-corrected chi connectivity index (χ2v) is 3.36. The maximum absolute atomic E-state index is 5.28. The third-order valence-corrected chi connectivity index (χ3v) is 2.41. The molecule has 1 N–H and O–H groups in total. The van der Waals surface area contributed by atoms with Crippen molar-refractivity contribution in [3.63, 3.8) is 0 Å². The first-order valence-electron chi connectivity index (χ1n) is 4.92. The average molecular weight is 202 g/mol. The van der Waals surface area contributed by atoms with Crippen LogP contribution in [0.4, 0.5) is 0 Å². The van der Waals surface area contributed by atoms with Gasteiger partial charge < -0.3 is 10.1 Å². The van der Waals surface area contributed by atoms with Crippen LogP contribution in [0.2, 0.25) is 0 Å². The Bertz CT molecular complexity index is 468. The Morgan fingerprint density at radius 3 is 2.93 bits per heavy atom. The van der Waals surface area contributed by atoms with E-state index in [2.05, 4.69) is 22.4 Å². The second-order valence-electron chi connectivity index (χ2n) is 3.36. The Morgan fingerprint density at radius 1 is 1.33 bits per heavy atom. The highest BCUT2D eigenvalue weighted by Gasteiger charge is 2.05. The predicted octanol–water partition coefficient (Wildman–Crippen LogP) is 1.96. The molecule has 0 aliphatic rings. The molecule has 0 bridgehead atoms. The summed E-state index contributed by atoms with van der Waals surface area (Å²) in [5, 5.41) is 4.29. The maximum Gasteiger partial charge on any atom is 0.145 e. The van der Waals surface area contributed by atoms with Gasteiger partial charge in [-0.25, -0.2) is 0 Å². The number of fused-ring (bicyclic) bond motifs is 1. The lowest BCUT2D eigenvalue weighted by atomic mass is 10.1. The minimum atomic E-state index is 0.824. The fourth-order valence-electron chi connectivity index (χ4n) is 1.72. The lowest BCUT2D eigenvalue weighted by Crippen LogP contribution is -2.05. The summed E-state index contributed by atoms with van der Waals surface area (Å²) in [6.45, 7) is 0.839. The number of hydrogen-bond donors (Lipinski definition) is 1. The molecule has 1 aromatic heterocycles. The third-order valence-electron chi connectivity index (χ3n) is 2.41. The van der Waals surface area contributed by atoms with Crippen molar-refractivity contribution in [3.05, 3.63) is 36.0 Å². The van der Waals surface area contributed by atoms with Crippen LogP contribution >= 0.6 is 0 Å². The molecule has 1 aromatic carbocycles. The van der Waals surface area contributed by atoms with Gasteiger partial charge in [-0.15, -0.1) is 0 Å². The fourth-order valence-corrected chi connectivity index (χ4v) is 1.72. The normalized spacial score (nSPS) is 10.5. The van der Waals surface area contributed by atoms with Crippen LogP contribution in [-0.4, -0.2) is 19.1 Å². The summed E-state index contributed by atoms with van der Waals surface area (Å²) < 4.78 is 5.28. The molecule has 3 nitrogen and oxygen atoms in total. The average Bonchev–Trinajstić information content (AvgIpc) is 2.30. The summed E-state index contributed by atoms with van der Waals surface area (Å²) in [7, 11) is 3.60. The molecule has 0 spiro atoms. The van der Waals surface area contributed by atoms with Crippen molar-refractivity contribution in [1.29, 1.82) is 0 Å². The summed E-state index contributed by atoms with van der Waals surface area (Å²) in [4.78, 5) is 4.34. The summed E-state index contributed by atoms with van der Waals surface area (Å²) in [5.41, 5.74) is 2.16. The molecule has 2 rings (SSSR count). The molecule has 0 aliphatic carbocycles. The zero-order valence-corrected chi connectivity index (χ0v) is 8.95. The van der Waals surface area contributed by atoms with Gasteiger partial charge in [-0.2, -0.15) is 0 Å². The van der Waals surface area contributed by atoms with Crippen LogP contribution in [0.5, 0.6) is 5.75 Å². The number of aromatic nitrogens is 1. The molecular weight excluding hydrogens is 188 g/mol. The zero-order valence-electron chi connectivity index (χ0n) is 8.95.